The zero-order valence-electron chi connectivity index (χ0n) is 6.90. The van der Waals surface area contributed by atoms with Gasteiger partial charge in [0.25, 0.3) is 0 Å². The molecule has 2 N–H and O–H groups in total. The topological polar surface area (TPSA) is 78.6 Å². The molecule has 0 aromatic heterocycles. The second-order valence-electron chi connectivity index (χ2n) is 1.91. The minimum atomic E-state index is -0.924. The van der Waals surface area contributed by atoms with Crippen LogP contribution in [0.2, 0.25) is 0 Å². The van der Waals surface area contributed by atoms with Crippen molar-refractivity contribution in [3.05, 3.63) is 0 Å². The maximum atomic E-state index is 10.6. The van der Waals surface area contributed by atoms with Gasteiger partial charge in [0.1, 0.15) is 6.04 Å². The summed E-state index contributed by atoms with van der Waals surface area (Å²) in [6.45, 7) is 0. The third-order valence-corrected chi connectivity index (χ3v) is 1.12. The fourth-order valence-electron chi connectivity index (χ4n) is 0.498. The summed E-state index contributed by atoms with van der Waals surface area (Å²) < 4.78 is 8.57. The van der Waals surface area contributed by atoms with Gasteiger partial charge >= 0.3 is 11.9 Å². The molecule has 0 aromatic carbocycles. The van der Waals surface area contributed by atoms with Gasteiger partial charge in [-0.15, -0.1) is 24.0 Å². The van der Waals surface area contributed by atoms with Gasteiger partial charge in [0.05, 0.1) is 20.6 Å². The van der Waals surface area contributed by atoms with Crippen molar-refractivity contribution in [3.63, 3.8) is 0 Å². The van der Waals surface area contributed by atoms with E-state index in [2.05, 4.69) is 9.47 Å². The molecule has 0 saturated heterocycles. The lowest BCUT2D eigenvalue weighted by Crippen LogP contribution is -2.34. The summed E-state index contributed by atoms with van der Waals surface area (Å²) in [7, 11) is 2.44. The lowest BCUT2D eigenvalue weighted by atomic mass is 10.2. The third kappa shape index (κ3) is 5.30. The van der Waals surface area contributed by atoms with Gasteiger partial charge in [0.2, 0.25) is 0 Å². The molecule has 0 aromatic rings. The summed E-state index contributed by atoms with van der Waals surface area (Å²) in [6, 6.07) is -0.924. The van der Waals surface area contributed by atoms with Gasteiger partial charge in [-0.1, -0.05) is 0 Å². The Labute approximate surface area is 87.6 Å². The summed E-state index contributed by atoms with van der Waals surface area (Å²) in [5, 5.41) is 0. The Morgan fingerprint density at radius 1 is 1.33 bits per heavy atom. The molecule has 1 atom stereocenters. The summed E-state index contributed by atoms with van der Waals surface area (Å²) in [6.07, 6.45) is -0.150. The van der Waals surface area contributed by atoms with E-state index in [1.54, 1.807) is 0 Å². The van der Waals surface area contributed by atoms with Crippen molar-refractivity contribution in [2.45, 2.75) is 12.5 Å². The average Bonchev–Trinajstić information content (AvgIpc) is 2.02. The van der Waals surface area contributed by atoms with Crippen LogP contribution in [0.5, 0.6) is 0 Å². The highest BCUT2D eigenvalue weighted by molar-refractivity contribution is 14.0. The molecule has 0 amide bonds. The maximum absolute atomic E-state index is 10.6. The molecule has 0 unspecified atom stereocenters. The molecular formula is C6H12INO4. The van der Waals surface area contributed by atoms with E-state index in [1.807, 2.05) is 0 Å². The van der Waals surface area contributed by atoms with Crippen LogP contribution in [0.15, 0.2) is 0 Å². The highest BCUT2D eigenvalue weighted by Gasteiger charge is 2.17. The largest absolute Gasteiger partial charge is 0.469 e. The molecule has 0 aliphatic heterocycles. The van der Waals surface area contributed by atoms with Crippen molar-refractivity contribution in [2.24, 2.45) is 5.73 Å². The van der Waals surface area contributed by atoms with Crippen LogP contribution in [0.1, 0.15) is 6.42 Å². The zero-order chi connectivity index (χ0) is 8.85. The van der Waals surface area contributed by atoms with Crippen LogP contribution in [0.4, 0.5) is 0 Å². The van der Waals surface area contributed by atoms with Crippen molar-refractivity contribution >= 4 is 35.9 Å². The van der Waals surface area contributed by atoms with E-state index in [0.717, 1.165) is 0 Å². The molecule has 0 radical (unpaired) electrons. The highest BCUT2D eigenvalue weighted by Crippen LogP contribution is 1.92. The first-order chi connectivity index (χ1) is 5.11. The third-order valence-electron chi connectivity index (χ3n) is 1.12. The predicted molar refractivity (Wildman–Crippen MR) is 52.0 cm³/mol. The molecule has 0 heterocycles. The number of halogens is 1. The number of rotatable bonds is 3. The number of esters is 2. The van der Waals surface area contributed by atoms with Crippen LogP contribution >= 0.6 is 24.0 Å². The Balaban J connectivity index is 0. The molecular weight excluding hydrogens is 277 g/mol. The summed E-state index contributed by atoms with van der Waals surface area (Å²) in [4.78, 5) is 21.1. The number of carbonyl (C=O) groups excluding carboxylic acids is 2. The smallest absolute Gasteiger partial charge is 0.323 e. The Bertz CT molecular complexity index is 162. The maximum Gasteiger partial charge on any atom is 0.323 e. The standard InChI is InChI=1S/C6H11NO4.HI/c1-10-5(8)3-4(7)6(9)11-2;/h4H,3,7H2,1-2H3;1H/t4-;/m0./s1. The molecule has 0 rings (SSSR count). The Hall–Kier alpha value is -0.370. The minimum absolute atomic E-state index is 0. The molecule has 0 aliphatic carbocycles. The van der Waals surface area contributed by atoms with Gasteiger partial charge in [-0.25, -0.2) is 0 Å². The number of nitrogens with two attached hydrogens (primary N) is 1. The summed E-state index contributed by atoms with van der Waals surface area (Å²) >= 11 is 0. The number of methoxy groups -OCH3 is 2. The first-order valence-electron chi connectivity index (χ1n) is 3.02. The number of ether oxygens (including phenoxy) is 2. The van der Waals surface area contributed by atoms with Crippen LogP contribution in [-0.4, -0.2) is 32.2 Å². The van der Waals surface area contributed by atoms with Gasteiger partial charge < -0.3 is 15.2 Å². The fraction of sp³-hybridized carbons (Fsp3) is 0.667. The predicted octanol–water partition coefficient (Wildman–Crippen LogP) is -0.332. The first kappa shape index (κ1) is 14.2. The van der Waals surface area contributed by atoms with Crippen molar-refractivity contribution < 1.29 is 19.1 Å². The van der Waals surface area contributed by atoms with E-state index in [1.165, 1.54) is 14.2 Å². The van der Waals surface area contributed by atoms with Crippen LogP contribution < -0.4 is 5.73 Å². The van der Waals surface area contributed by atoms with Gasteiger partial charge in [-0.3, -0.25) is 9.59 Å². The van der Waals surface area contributed by atoms with Crippen LogP contribution in [0.25, 0.3) is 0 Å². The lowest BCUT2D eigenvalue weighted by Gasteiger charge is -2.06. The summed E-state index contributed by atoms with van der Waals surface area (Å²) in [5.74, 6) is -1.14. The van der Waals surface area contributed by atoms with Gasteiger partial charge in [0, 0.05) is 0 Å². The van der Waals surface area contributed by atoms with E-state index in [-0.39, 0.29) is 30.4 Å². The summed E-state index contributed by atoms with van der Waals surface area (Å²) in [5.41, 5.74) is 5.23. The van der Waals surface area contributed by atoms with Crippen LogP contribution in [0.3, 0.4) is 0 Å². The van der Waals surface area contributed by atoms with Crippen molar-refractivity contribution in [2.75, 3.05) is 14.2 Å². The van der Waals surface area contributed by atoms with Gasteiger partial charge in [0.15, 0.2) is 0 Å². The average molecular weight is 289 g/mol. The van der Waals surface area contributed by atoms with E-state index in [4.69, 9.17) is 5.73 Å². The SMILES string of the molecule is COC(=O)C[C@H](N)C(=O)OC.I. The van der Waals surface area contributed by atoms with Crippen molar-refractivity contribution in [1.82, 2.24) is 0 Å². The second-order valence-corrected chi connectivity index (χ2v) is 1.91. The molecule has 0 saturated carbocycles. The van der Waals surface area contributed by atoms with Crippen molar-refractivity contribution in [3.8, 4) is 0 Å². The number of hydrogen-bond donors (Lipinski definition) is 1. The van der Waals surface area contributed by atoms with E-state index >= 15 is 0 Å². The molecule has 6 heteroatoms. The molecule has 5 nitrogen and oxygen atoms in total. The Morgan fingerprint density at radius 3 is 2.17 bits per heavy atom. The minimum Gasteiger partial charge on any atom is -0.469 e. The molecule has 0 aliphatic rings. The monoisotopic (exact) mass is 289 g/mol. The normalized spacial score (nSPS) is 10.9. The molecule has 72 valence electrons. The Kier molecular flexibility index (Phi) is 8.61. The van der Waals surface area contributed by atoms with Gasteiger partial charge in [-0.2, -0.15) is 0 Å². The van der Waals surface area contributed by atoms with E-state index in [0.29, 0.717) is 0 Å². The van der Waals surface area contributed by atoms with Crippen LogP contribution in [-0.2, 0) is 19.1 Å². The molecule has 12 heavy (non-hydrogen) atoms. The van der Waals surface area contributed by atoms with E-state index in [9.17, 15) is 9.59 Å². The number of hydrogen-bond acceptors (Lipinski definition) is 5. The van der Waals surface area contributed by atoms with Crippen LogP contribution in [0, 0.1) is 0 Å². The van der Waals surface area contributed by atoms with Gasteiger partial charge in [-0.05, 0) is 0 Å². The highest BCUT2D eigenvalue weighted by atomic mass is 127. The van der Waals surface area contributed by atoms with Crippen molar-refractivity contribution in [1.29, 1.82) is 0 Å². The number of carbonyl (C=O) groups is 2. The molecule has 0 fully saturated rings. The quantitative estimate of drug-likeness (QED) is 0.568. The molecule has 0 spiro atoms. The first-order valence-corrected chi connectivity index (χ1v) is 3.02. The van der Waals surface area contributed by atoms with E-state index < -0.39 is 18.0 Å². The zero-order valence-corrected chi connectivity index (χ0v) is 9.23. The Morgan fingerprint density at radius 2 is 1.83 bits per heavy atom. The lowest BCUT2D eigenvalue weighted by molar-refractivity contribution is -0.148. The second kappa shape index (κ2) is 7.29. The fourth-order valence-corrected chi connectivity index (χ4v) is 0.498. The molecule has 0 bridgehead atoms.